The van der Waals surface area contributed by atoms with Gasteiger partial charge in [-0.05, 0) is 91.9 Å². The first-order chi connectivity index (χ1) is 10.1. The average molecular weight is 352 g/mol. The molecule has 0 heterocycles. The molecule has 4 bridgehead atoms. The maximum Gasteiger partial charge on any atom is 0.126 e. The van der Waals surface area contributed by atoms with Gasteiger partial charge in [0.1, 0.15) is 5.82 Å². The lowest BCUT2D eigenvalue weighted by molar-refractivity contribution is -0.0465. The zero-order valence-electron chi connectivity index (χ0n) is 12.3. The molecule has 1 aromatic carbocycles. The van der Waals surface area contributed by atoms with Crippen molar-refractivity contribution < 1.29 is 4.39 Å². The lowest BCUT2D eigenvalue weighted by Crippen LogP contribution is -2.52. The molecule has 114 valence electrons. The minimum Gasteiger partial charge on any atom is -0.327 e. The van der Waals surface area contributed by atoms with Crippen molar-refractivity contribution in [3.05, 3.63) is 34.1 Å². The van der Waals surface area contributed by atoms with Crippen LogP contribution >= 0.6 is 15.9 Å². The molecule has 0 aliphatic heterocycles. The van der Waals surface area contributed by atoms with Crippen LogP contribution in [0.15, 0.2) is 22.7 Å². The predicted molar refractivity (Wildman–Crippen MR) is 86.3 cm³/mol. The summed E-state index contributed by atoms with van der Waals surface area (Å²) in [6.07, 6.45) is 7.67. The molecule has 4 aliphatic carbocycles. The van der Waals surface area contributed by atoms with E-state index in [0.717, 1.165) is 33.7 Å². The molecule has 2 N–H and O–H groups in total. The highest BCUT2D eigenvalue weighted by Crippen LogP contribution is 2.57. The number of benzene rings is 1. The van der Waals surface area contributed by atoms with Gasteiger partial charge in [-0.1, -0.05) is 15.9 Å². The monoisotopic (exact) mass is 351 g/mol. The van der Waals surface area contributed by atoms with Crippen LogP contribution in [-0.2, 0) is 6.42 Å². The van der Waals surface area contributed by atoms with Gasteiger partial charge in [-0.2, -0.15) is 0 Å². The van der Waals surface area contributed by atoms with Crippen LogP contribution in [-0.4, -0.2) is 6.04 Å². The summed E-state index contributed by atoms with van der Waals surface area (Å²) in [4.78, 5) is 0. The summed E-state index contributed by atoms with van der Waals surface area (Å²) in [6, 6.07) is 5.31. The molecule has 21 heavy (non-hydrogen) atoms. The van der Waals surface area contributed by atoms with Gasteiger partial charge in [0.15, 0.2) is 0 Å². The number of hydrogen-bond acceptors (Lipinski definition) is 1. The molecule has 0 amide bonds. The van der Waals surface area contributed by atoms with E-state index in [1.807, 2.05) is 6.07 Å². The third-order valence-corrected chi connectivity index (χ3v) is 6.75. The number of halogens is 2. The summed E-state index contributed by atoms with van der Waals surface area (Å²) in [5.41, 5.74) is 7.34. The zero-order chi connectivity index (χ0) is 14.6. The summed E-state index contributed by atoms with van der Waals surface area (Å²) < 4.78 is 14.9. The second-order valence-electron chi connectivity index (χ2n) is 7.61. The van der Waals surface area contributed by atoms with Crippen LogP contribution in [0.2, 0.25) is 0 Å². The Balaban J connectivity index is 1.52. The van der Waals surface area contributed by atoms with Crippen molar-refractivity contribution in [3.63, 3.8) is 0 Å². The molecule has 1 nitrogen and oxygen atoms in total. The van der Waals surface area contributed by atoms with E-state index in [1.54, 1.807) is 12.1 Å². The Morgan fingerprint density at radius 2 is 1.71 bits per heavy atom. The third-order valence-electron chi connectivity index (χ3n) is 6.26. The Bertz CT molecular complexity index is 516. The summed E-state index contributed by atoms with van der Waals surface area (Å²) >= 11 is 3.44. The first-order valence-electron chi connectivity index (χ1n) is 8.29. The molecule has 1 atom stereocenters. The zero-order valence-corrected chi connectivity index (χ0v) is 13.9. The Hall–Kier alpha value is -0.410. The maximum atomic E-state index is 14.0. The van der Waals surface area contributed by atoms with E-state index in [4.69, 9.17) is 5.73 Å². The van der Waals surface area contributed by atoms with Crippen LogP contribution in [0.4, 0.5) is 4.39 Å². The third kappa shape index (κ3) is 2.57. The highest BCUT2D eigenvalue weighted by molar-refractivity contribution is 9.10. The van der Waals surface area contributed by atoms with Gasteiger partial charge < -0.3 is 5.73 Å². The second-order valence-corrected chi connectivity index (χ2v) is 8.53. The lowest BCUT2D eigenvalue weighted by atomic mass is 9.50. The largest absolute Gasteiger partial charge is 0.327 e. The van der Waals surface area contributed by atoms with Crippen molar-refractivity contribution in [1.29, 1.82) is 0 Å². The predicted octanol–water partition coefficient (Wildman–Crippen LogP) is 4.53. The van der Waals surface area contributed by atoms with E-state index in [-0.39, 0.29) is 11.9 Å². The lowest BCUT2D eigenvalue weighted by Gasteiger charge is -2.56. The summed E-state index contributed by atoms with van der Waals surface area (Å²) in [5.74, 6) is 4.07. The van der Waals surface area contributed by atoms with E-state index in [2.05, 4.69) is 15.9 Å². The fourth-order valence-electron chi connectivity index (χ4n) is 5.76. The molecular weight excluding hydrogens is 329 g/mol. The van der Waals surface area contributed by atoms with Crippen LogP contribution in [0, 0.1) is 35.4 Å². The molecule has 0 spiro atoms. The smallest absolute Gasteiger partial charge is 0.126 e. The fourth-order valence-corrected chi connectivity index (χ4v) is 6.16. The van der Waals surface area contributed by atoms with Gasteiger partial charge in [-0.3, -0.25) is 0 Å². The quantitative estimate of drug-likeness (QED) is 0.850. The summed E-state index contributed by atoms with van der Waals surface area (Å²) in [6.45, 7) is 0. The van der Waals surface area contributed by atoms with Gasteiger partial charge in [0.05, 0.1) is 0 Å². The molecule has 0 radical (unpaired) electrons. The Labute approximate surface area is 134 Å². The standard InChI is InChI=1S/C18H23BrFN/c19-15-1-2-16(20)12(8-15)9-17(21)18-13-4-10-3-11(6-13)7-14(18)5-10/h1-2,8,10-11,13-14,17-18H,3-7,9,21H2. The van der Waals surface area contributed by atoms with Crippen LogP contribution < -0.4 is 5.73 Å². The first kappa shape index (κ1) is 14.2. The molecular formula is C18H23BrFN. The SMILES string of the molecule is NC(Cc1cc(Br)ccc1F)C1C2CC3CC(C2)CC1C3. The topological polar surface area (TPSA) is 26.0 Å². The maximum absolute atomic E-state index is 14.0. The molecule has 4 fully saturated rings. The van der Waals surface area contributed by atoms with Gasteiger partial charge in [-0.15, -0.1) is 0 Å². The van der Waals surface area contributed by atoms with Gasteiger partial charge in [0.2, 0.25) is 0 Å². The number of nitrogens with two attached hydrogens (primary N) is 1. The summed E-state index contributed by atoms with van der Waals surface area (Å²) in [7, 11) is 0. The van der Waals surface area contributed by atoms with Crippen molar-refractivity contribution in [3.8, 4) is 0 Å². The van der Waals surface area contributed by atoms with E-state index < -0.39 is 0 Å². The fraction of sp³-hybridized carbons (Fsp3) is 0.667. The Morgan fingerprint density at radius 3 is 2.33 bits per heavy atom. The second kappa shape index (κ2) is 5.34. The molecule has 3 heteroatoms. The highest BCUT2D eigenvalue weighted by Gasteiger charge is 2.49. The number of rotatable bonds is 3. The van der Waals surface area contributed by atoms with E-state index in [0.29, 0.717) is 12.3 Å². The molecule has 1 aromatic rings. The van der Waals surface area contributed by atoms with E-state index >= 15 is 0 Å². The Kier molecular flexibility index (Phi) is 3.61. The minimum absolute atomic E-state index is 0.113. The van der Waals surface area contributed by atoms with Gasteiger partial charge in [-0.25, -0.2) is 4.39 Å². The molecule has 1 unspecified atom stereocenters. The van der Waals surface area contributed by atoms with Crippen molar-refractivity contribution in [1.82, 2.24) is 0 Å². The van der Waals surface area contributed by atoms with E-state index in [9.17, 15) is 4.39 Å². The first-order valence-corrected chi connectivity index (χ1v) is 9.09. The molecule has 4 aliphatic rings. The molecule has 0 aromatic heterocycles. The van der Waals surface area contributed by atoms with Crippen LogP contribution in [0.25, 0.3) is 0 Å². The van der Waals surface area contributed by atoms with Crippen molar-refractivity contribution in [2.45, 2.75) is 44.6 Å². The molecule has 0 saturated heterocycles. The average Bonchev–Trinajstić information content (AvgIpc) is 2.41. The van der Waals surface area contributed by atoms with Gasteiger partial charge in [0, 0.05) is 10.5 Å². The van der Waals surface area contributed by atoms with Crippen molar-refractivity contribution in [2.24, 2.45) is 35.3 Å². The van der Waals surface area contributed by atoms with Crippen molar-refractivity contribution in [2.75, 3.05) is 0 Å². The number of hydrogen-bond donors (Lipinski definition) is 1. The molecule has 4 saturated carbocycles. The van der Waals surface area contributed by atoms with Crippen LogP contribution in [0.3, 0.4) is 0 Å². The van der Waals surface area contributed by atoms with Crippen LogP contribution in [0.5, 0.6) is 0 Å². The minimum atomic E-state index is -0.113. The Morgan fingerprint density at radius 1 is 1.10 bits per heavy atom. The van der Waals surface area contributed by atoms with E-state index in [1.165, 1.54) is 32.1 Å². The van der Waals surface area contributed by atoms with Gasteiger partial charge in [0.25, 0.3) is 0 Å². The van der Waals surface area contributed by atoms with Crippen LogP contribution in [0.1, 0.15) is 37.7 Å². The van der Waals surface area contributed by atoms with Crippen molar-refractivity contribution >= 4 is 15.9 Å². The molecule has 5 rings (SSSR count). The normalized spacial score (nSPS) is 38.7. The highest BCUT2D eigenvalue weighted by atomic mass is 79.9. The summed E-state index contributed by atoms with van der Waals surface area (Å²) in [5, 5.41) is 0. The van der Waals surface area contributed by atoms with Gasteiger partial charge >= 0.3 is 0 Å².